The van der Waals surface area contributed by atoms with Crippen LogP contribution in [0, 0.1) is 6.92 Å². The molecule has 0 fully saturated rings. The van der Waals surface area contributed by atoms with Crippen molar-refractivity contribution in [2.24, 2.45) is 0 Å². The van der Waals surface area contributed by atoms with Crippen molar-refractivity contribution >= 4 is 40.4 Å². The number of benzene rings is 1. The number of ether oxygens (including phenoxy) is 2. The molecule has 2 rings (SSSR count). The molecule has 2 aromatic rings. The molecule has 0 aliphatic rings. The molecule has 134 valence electrons. The van der Waals surface area contributed by atoms with E-state index in [0.717, 1.165) is 9.75 Å². The SMILES string of the molecule is COc1ccc(Cl)cc1NC(=O)C(=O)NC[C@@H](OC)c1ccc(C)s1. The number of hydrogen-bond donors (Lipinski definition) is 2. The van der Waals surface area contributed by atoms with Crippen molar-refractivity contribution in [3.63, 3.8) is 0 Å². The van der Waals surface area contributed by atoms with Crippen LogP contribution in [0.25, 0.3) is 0 Å². The van der Waals surface area contributed by atoms with Crippen LogP contribution >= 0.6 is 22.9 Å². The number of hydrogen-bond acceptors (Lipinski definition) is 5. The molecule has 0 radical (unpaired) electrons. The second-order valence-corrected chi connectivity index (χ2v) is 6.94. The lowest BCUT2D eigenvalue weighted by atomic mass is 10.2. The zero-order valence-electron chi connectivity index (χ0n) is 14.1. The van der Waals surface area contributed by atoms with E-state index in [0.29, 0.717) is 16.5 Å². The van der Waals surface area contributed by atoms with Gasteiger partial charge in [-0.25, -0.2) is 0 Å². The first kappa shape index (κ1) is 19.2. The highest BCUT2D eigenvalue weighted by molar-refractivity contribution is 7.12. The number of thiophene rings is 1. The fourth-order valence-corrected chi connectivity index (χ4v) is 3.28. The fraction of sp³-hybridized carbons (Fsp3) is 0.294. The van der Waals surface area contributed by atoms with Gasteiger partial charge < -0.3 is 20.1 Å². The van der Waals surface area contributed by atoms with E-state index in [-0.39, 0.29) is 12.6 Å². The van der Waals surface area contributed by atoms with Gasteiger partial charge in [0.05, 0.1) is 12.8 Å². The van der Waals surface area contributed by atoms with E-state index in [1.807, 2.05) is 19.1 Å². The number of nitrogens with one attached hydrogen (secondary N) is 2. The van der Waals surface area contributed by atoms with E-state index in [2.05, 4.69) is 10.6 Å². The van der Waals surface area contributed by atoms with Crippen molar-refractivity contribution in [3.8, 4) is 5.75 Å². The van der Waals surface area contributed by atoms with Crippen molar-refractivity contribution in [1.82, 2.24) is 5.32 Å². The summed E-state index contributed by atoms with van der Waals surface area (Å²) in [5, 5.41) is 5.48. The molecule has 25 heavy (non-hydrogen) atoms. The predicted octanol–water partition coefficient (Wildman–Crippen LogP) is 3.16. The number of carbonyl (C=O) groups excluding carboxylic acids is 2. The summed E-state index contributed by atoms with van der Waals surface area (Å²) >= 11 is 7.49. The maximum atomic E-state index is 12.1. The number of amides is 2. The molecule has 0 bridgehead atoms. The minimum Gasteiger partial charge on any atom is -0.495 e. The van der Waals surface area contributed by atoms with Crippen molar-refractivity contribution in [3.05, 3.63) is 45.1 Å². The largest absolute Gasteiger partial charge is 0.495 e. The molecule has 0 saturated carbocycles. The summed E-state index contributed by atoms with van der Waals surface area (Å²) in [6, 6.07) is 8.67. The van der Waals surface area contributed by atoms with Crippen LogP contribution in [-0.4, -0.2) is 32.6 Å². The first-order chi connectivity index (χ1) is 11.9. The van der Waals surface area contributed by atoms with Gasteiger partial charge in [0.1, 0.15) is 11.9 Å². The van der Waals surface area contributed by atoms with Crippen LogP contribution in [0.2, 0.25) is 5.02 Å². The maximum Gasteiger partial charge on any atom is 0.313 e. The summed E-state index contributed by atoms with van der Waals surface area (Å²) in [6.45, 7) is 2.18. The van der Waals surface area contributed by atoms with Crippen LogP contribution in [0.3, 0.4) is 0 Å². The third-order valence-corrected chi connectivity index (χ3v) is 4.75. The Labute approximate surface area is 155 Å². The number of halogens is 1. The quantitative estimate of drug-likeness (QED) is 0.752. The van der Waals surface area contributed by atoms with Crippen LogP contribution in [-0.2, 0) is 14.3 Å². The summed E-state index contributed by atoms with van der Waals surface area (Å²) in [5.41, 5.74) is 0.326. The van der Waals surface area contributed by atoms with Gasteiger partial charge in [-0.15, -0.1) is 11.3 Å². The Morgan fingerprint density at radius 1 is 1.20 bits per heavy atom. The standard InChI is InChI=1S/C17H19ClN2O4S/c1-10-4-7-15(25-10)14(24-3)9-19-16(21)17(22)20-12-8-11(18)5-6-13(12)23-2/h4-8,14H,9H2,1-3H3,(H,19,21)(H,20,22)/t14-/m1/s1. The highest BCUT2D eigenvalue weighted by Crippen LogP contribution is 2.27. The number of methoxy groups -OCH3 is 2. The summed E-state index contributed by atoms with van der Waals surface area (Å²) in [7, 11) is 3.02. The van der Waals surface area contributed by atoms with Crippen LogP contribution < -0.4 is 15.4 Å². The van der Waals surface area contributed by atoms with E-state index in [1.54, 1.807) is 30.6 Å². The van der Waals surface area contributed by atoms with E-state index < -0.39 is 11.8 Å². The molecular weight excluding hydrogens is 364 g/mol. The number of carbonyl (C=O) groups is 2. The molecule has 0 saturated heterocycles. The molecular formula is C17H19ClN2O4S. The third kappa shape index (κ3) is 5.19. The van der Waals surface area contributed by atoms with Crippen LogP contribution in [0.5, 0.6) is 5.75 Å². The molecule has 1 atom stereocenters. The number of rotatable bonds is 6. The van der Waals surface area contributed by atoms with Gasteiger partial charge in [0, 0.05) is 28.4 Å². The Morgan fingerprint density at radius 2 is 1.96 bits per heavy atom. The molecule has 8 heteroatoms. The molecule has 6 nitrogen and oxygen atoms in total. The first-order valence-electron chi connectivity index (χ1n) is 7.46. The molecule has 2 amide bonds. The van der Waals surface area contributed by atoms with Gasteiger partial charge in [-0.05, 0) is 37.3 Å². The van der Waals surface area contributed by atoms with Gasteiger partial charge in [-0.3, -0.25) is 9.59 Å². The van der Waals surface area contributed by atoms with Gasteiger partial charge in [0.15, 0.2) is 0 Å². The smallest absolute Gasteiger partial charge is 0.313 e. The monoisotopic (exact) mass is 382 g/mol. The lowest BCUT2D eigenvalue weighted by Gasteiger charge is -2.15. The normalized spacial score (nSPS) is 11.7. The van der Waals surface area contributed by atoms with E-state index in [9.17, 15) is 9.59 Å². The average Bonchev–Trinajstić information content (AvgIpc) is 3.01. The summed E-state index contributed by atoms with van der Waals surface area (Å²) < 4.78 is 10.5. The summed E-state index contributed by atoms with van der Waals surface area (Å²) in [6.07, 6.45) is -0.309. The van der Waals surface area contributed by atoms with Crippen molar-refractivity contribution < 1.29 is 19.1 Å². The minimum absolute atomic E-state index is 0.190. The van der Waals surface area contributed by atoms with Crippen LogP contribution in [0.4, 0.5) is 5.69 Å². The Kier molecular flexibility index (Phi) is 6.81. The second kappa shape index (κ2) is 8.84. The van der Waals surface area contributed by atoms with Crippen molar-refractivity contribution in [2.75, 3.05) is 26.1 Å². The highest BCUT2D eigenvalue weighted by Gasteiger charge is 2.19. The minimum atomic E-state index is -0.808. The molecule has 2 N–H and O–H groups in total. The van der Waals surface area contributed by atoms with Gasteiger partial charge in [-0.2, -0.15) is 0 Å². The second-order valence-electron chi connectivity index (χ2n) is 5.18. The Hall–Kier alpha value is -2.09. The van der Waals surface area contributed by atoms with Gasteiger partial charge in [0.2, 0.25) is 0 Å². The molecule has 0 aliphatic heterocycles. The number of anilines is 1. The van der Waals surface area contributed by atoms with Gasteiger partial charge >= 0.3 is 11.8 Å². The maximum absolute atomic E-state index is 12.1. The van der Waals surface area contributed by atoms with E-state index >= 15 is 0 Å². The van der Waals surface area contributed by atoms with Gasteiger partial charge in [0.25, 0.3) is 0 Å². The first-order valence-corrected chi connectivity index (χ1v) is 8.66. The Balaban J connectivity index is 1.96. The van der Waals surface area contributed by atoms with Crippen LogP contribution in [0.1, 0.15) is 15.9 Å². The molecule has 1 aromatic carbocycles. The molecule has 0 aliphatic carbocycles. The van der Waals surface area contributed by atoms with Crippen molar-refractivity contribution in [1.29, 1.82) is 0 Å². The molecule has 0 spiro atoms. The summed E-state index contributed by atoms with van der Waals surface area (Å²) in [4.78, 5) is 26.2. The summed E-state index contributed by atoms with van der Waals surface area (Å²) in [5.74, 6) is -1.16. The molecule has 0 unspecified atom stereocenters. The molecule has 1 heterocycles. The fourth-order valence-electron chi connectivity index (χ4n) is 2.15. The Bertz CT molecular complexity index is 763. The lowest BCUT2D eigenvalue weighted by molar-refractivity contribution is -0.136. The van der Waals surface area contributed by atoms with E-state index in [1.165, 1.54) is 13.2 Å². The van der Waals surface area contributed by atoms with E-state index in [4.69, 9.17) is 21.1 Å². The zero-order valence-corrected chi connectivity index (χ0v) is 15.7. The lowest BCUT2D eigenvalue weighted by Crippen LogP contribution is -2.37. The Morgan fingerprint density at radius 3 is 2.56 bits per heavy atom. The predicted molar refractivity (Wildman–Crippen MR) is 98.4 cm³/mol. The topological polar surface area (TPSA) is 76.7 Å². The average molecular weight is 383 g/mol. The van der Waals surface area contributed by atoms with Crippen molar-refractivity contribution in [2.45, 2.75) is 13.0 Å². The van der Waals surface area contributed by atoms with Crippen LogP contribution in [0.15, 0.2) is 30.3 Å². The highest BCUT2D eigenvalue weighted by atomic mass is 35.5. The number of aryl methyl sites for hydroxylation is 1. The third-order valence-electron chi connectivity index (χ3n) is 3.43. The van der Waals surface area contributed by atoms with Gasteiger partial charge in [-0.1, -0.05) is 11.6 Å². The molecule has 1 aromatic heterocycles. The zero-order chi connectivity index (χ0) is 18.4.